The number of fused-ring (bicyclic) bond motifs is 3. The Morgan fingerprint density at radius 1 is 1.04 bits per heavy atom. The number of hydrogen-bond acceptors (Lipinski definition) is 10. The van der Waals surface area contributed by atoms with E-state index in [0.29, 0.717) is 22.7 Å². The van der Waals surface area contributed by atoms with Crippen LogP contribution in [-0.2, 0) is 16.0 Å². The molecule has 3 aliphatic rings. The summed E-state index contributed by atoms with van der Waals surface area (Å²) in [7, 11) is 8.39. The molecule has 13 heteroatoms. The van der Waals surface area contributed by atoms with Gasteiger partial charge in [-0.25, -0.2) is 4.79 Å². The summed E-state index contributed by atoms with van der Waals surface area (Å²) >= 11 is 0. The highest BCUT2D eigenvalue weighted by Crippen LogP contribution is 2.57. The summed E-state index contributed by atoms with van der Waals surface area (Å²) in [5.41, 5.74) is 4.45. The number of carbonyl (C=O) groups excluding carboxylic acids is 4. The molecule has 0 saturated heterocycles. The van der Waals surface area contributed by atoms with Crippen molar-refractivity contribution in [1.82, 2.24) is 4.90 Å². The SMILES string of the molecule is COc1ccc(NC(=O)Nc2cc(N(C)C)c3c(c2O)C(=O)C2=C(O)[C@]4(C)C(=O)C(C(N)=O)=C(O)C(N(C)C)[C@@H]4C[C@@H]2C3)cc1. The topological polar surface area (TPSA) is 195 Å². The Morgan fingerprint density at radius 2 is 1.69 bits per heavy atom. The van der Waals surface area contributed by atoms with Crippen molar-refractivity contribution in [3.8, 4) is 11.5 Å². The van der Waals surface area contributed by atoms with E-state index < -0.39 is 69.6 Å². The van der Waals surface area contributed by atoms with E-state index in [1.54, 1.807) is 68.3 Å². The van der Waals surface area contributed by atoms with Crippen LogP contribution < -0.4 is 26.0 Å². The first-order chi connectivity index (χ1) is 21.1. The molecule has 45 heavy (non-hydrogen) atoms. The second kappa shape index (κ2) is 11.1. The molecule has 0 saturated carbocycles. The second-order valence-corrected chi connectivity index (χ2v) is 12.2. The van der Waals surface area contributed by atoms with Crippen molar-refractivity contribution in [1.29, 1.82) is 0 Å². The molecule has 0 aliphatic heterocycles. The van der Waals surface area contributed by atoms with Crippen molar-refractivity contribution < 1.29 is 39.2 Å². The van der Waals surface area contributed by atoms with E-state index in [-0.39, 0.29) is 29.7 Å². The number of aliphatic hydroxyl groups excluding tert-OH is 2. The van der Waals surface area contributed by atoms with Crippen LogP contribution in [0.15, 0.2) is 53.0 Å². The summed E-state index contributed by atoms with van der Waals surface area (Å²) in [6, 6.07) is 6.66. The maximum absolute atomic E-state index is 14.3. The molecular formula is C32H37N5O8. The van der Waals surface area contributed by atoms with Crippen LogP contribution in [0.5, 0.6) is 11.5 Å². The highest BCUT2D eigenvalue weighted by molar-refractivity contribution is 6.24. The fourth-order valence-corrected chi connectivity index (χ4v) is 7.05. The Balaban J connectivity index is 1.60. The molecule has 0 aromatic heterocycles. The van der Waals surface area contributed by atoms with Gasteiger partial charge in [-0.2, -0.15) is 0 Å². The summed E-state index contributed by atoms with van der Waals surface area (Å²) < 4.78 is 5.13. The lowest BCUT2D eigenvalue weighted by molar-refractivity contribution is -0.134. The molecule has 5 rings (SSSR count). The van der Waals surface area contributed by atoms with Gasteiger partial charge >= 0.3 is 6.03 Å². The number of Topliss-reactive ketones (excluding diaryl/α,β-unsaturated/α-hetero) is 2. The number of benzene rings is 2. The van der Waals surface area contributed by atoms with Crippen molar-refractivity contribution in [2.45, 2.75) is 25.8 Å². The Labute approximate surface area is 259 Å². The number of hydrogen-bond donors (Lipinski definition) is 6. The third-order valence-electron chi connectivity index (χ3n) is 9.24. The molecule has 0 spiro atoms. The van der Waals surface area contributed by atoms with Crippen LogP contribution in [0.2, 0.25) is 0 Å². The summed E-state index contributed by atoms with van der Waals surface area (Å²) in [4.78, 5) is 56.6. The summed E-state index contributed by atoms with van der Waals surface area (Å²) in [6.07, 6.45) is 0.428. The van der Waals surface area contributed by atoms with Gasteiger partial charge in [0.25, 0.3) is 5.91 Å². The molecule has 3 amide bonds. The molecule has 0 fully saturated rings. The van der Waals surface area contributed by atoms with E-state index in [4.69, 9.17) is 10.5 Å². The largest absolute Gasteiger partial charge is 0.511 e. The van der Waals surface area contributed by atoms with Crippen LogP contribution >= 0.6 is 0 Å². The fourth-order valence-electron chi connectivity index (χ4n) is 7.05. The number of likely N-dealkylation sites (N-methyl/N-ethyl adjacent to an activating group) is 1. The number of methoxy groups -OCH3 is 1. The molecule has 7 N–H and O–H groups in total. The first-order valence-electron chi connectivity index (χ1n) is 14.3. The Morgan fingerprint density at radius 3 is 2.24 bits per heavy atom. The number of phenols is 1. The quantitative estimate of drug-likeness (QED) is 0.207. The van der Waals surface area contributed by atoms with Crippen molar-refractivity contribution in [2.24, 2.45) is 23.0 Å². The van der Waals surface area contributed by atoms with Gasteiger partial charge in [0.05, 0.1) is 29.8 Å². The highest BCUT2D eigenvalue weighted by Gasteiger charge is 2.61. The Bertz CT molecular complexity index is 1690. The lowest BCUT2D eigenvalue weighted by Gasteiger charge is -2.51. The van der Waals surface area contributed by atoms with Crippen molar-refractivity contribution in [2.75, 3.05) is 50.8 Å². The number of allylic oxidation sites excluding steroid dienone is 2. The van der Waals surface area contributed by atoms with Gasteiger partial charge in [-0.05, 0) is 75.7 Å². The van der Waals surface area contributed by atoms with Crippen molar-refractivity contribution >= 4 is 40.6 Å². The molecule has 0 heterocycles. The van der Waals surface area contributed by atoms with Crippen LogP contribution in [-0.4, -0.2) is 85.1 Å². The Hall–Kier alpha value is -5.04. The van der Waals surface area contributed by atoms with Gasteiger partial charge < -0.3 is 41.3 Å². The van der Waals surface area contributed by atoms with E-state index >= 15 is 0 Å². The van der Waals surface area contributed by atoms with Gasteiger partial charge in [0.1, 0.15) is 22.8 Å². The molecule has 13 nitrogen and oxygen atoms in total. The monoisotopic (exact) mass is 619 g/mol. The van der Waals surface area contributed by atoms with Crippen LogP contribution in [0.4, 0.5) is 21.9 Å². The number of aromatic hydroxyl groups is 1. The maximum atomic E-state index is 14.3. The minimum absolute atomic E-state index is 0.0412. The second-order valence-electron chi connectivity index (χ2n) is 12.2. The van der Waals surface area contributed by atoms with Crippen LogP contribution in [0.1, 0.15) is 29.3 Å². The molecule has 2 aromatic carbocycles. The molecule has 238 valence electrons. The number of ether oxygens (including phenoxy) is 1. The summed E-state index contributed by atoms with van der Waals surface area (Å²) in [6.45, 7) is 1.44. The van der Waals surface area contributed by atoms with E-state index in [9.17, 15) is 34.5 Å². The normalized spacial score (nSPS) is 24.1. The van der Waals surface area contributed by atoms with Crippen LogP contribution in [0.25, 0.3) is 0 Å². The van der Waals surface area contributed by atoms with Gasteiger partial charge in [-0.15, -0.1) is 0 Å². The zero-order valence-electron chi connectivity index (χ0n) is 25.9. The van der Waals surface area contributed by atoms with Crippen LogP contribution in [0.3, 0.4) is 0 Å². The number of amides is 3. The molecule has 2 aromatic rings. The number of nitrogens with two attached hydrogens (primary N) is 1. The van der Waals surface area contributed by atoms with Gasteiger partial charge in [0, 0.05) is 37.0 Å². The predicted molar refractivity (Wildman–Crippen MR) is 167 cm³/mol. The van der Waals surface area contributed by atoms with Gasteiger partial charge in [-0.1, -0.05) is 0 Å². The number of aliphatic hydroxyl groups is 2. The molecular weight excluding hydrogens is 582 g/mol. The number of phenolic OH excluding ortho intramolecular Hbond substituents is 1. The minimum atomic E-state index is -1.75. The maximum Gasteiger partial charge on any atom is 0.323 e. The highest BCUT2D eigenvalue weighted by atomic mass is 16.5. The number of anilines is 3. The zero-order valence-corrected chi connectivity index (χ0v) is 25.9. The molecule has 0 bridgehead atoms. The van der Waals surface area contributed by atoms with Gasteiger partial charge in [0.15, 0.2) is 17.3 Å². The van der Waals surface area contributed by atoms with E-state index in [2.05, 4.69) is 10.6 Å². The number of rotatable bonds is 6. The molecule has 4 atom stereocenters. The Kier molecular flexibility index (Phi) is 7.78. The van der Waals surface area contributed by atoms with Gasteiger partial charge in [0.2, 0.25) is 0 Å². The van der Waals surface area contributed by atoms with Crippen molar-refractivity contribution in [3.63, 3.8) is 0 Å². The molecule has 0 radical (unpaired) electrons. The average Bonchev–Trinajstić information content (AvgIpc) is 2.96. The average molecular weight is 620 g/mol. The summed E-state index contributed by atoms with van der Waals surface area (Å²) in [5, 5.41) is 39.5. The molecule has 1 unspecified atom stereocenters. The smallest absolute Gasteiger partial charge is 0.323 e. The van der Waals surface area contributed by atoms with Crippen LogP contribution in [0, 0.1) is 17.3 Å². The van der Waals surface area contributed by atoms with E-state index in [0.717, 1.165) is 0 Å². The number of urea groups is 1. The van der Waals surface area contributed by atoms with Crippen molar-refractivity contribution in [3.05, 3.63) is 64.1 Å². The standard InChI is InChI=1S/C32H37N5O8/c1-32-18(24(37(4)5)27(40)23(29(32)42)30(33)43)12-14-11-17-20(36(2)3)13-19(25(38)22(17)26(39)21(14)28(32)41)35-31(44)34-15-7-9-16(45-6)10-8-15/h7-10,13-14,18,24,38,40-41H,11-12H2,1-6H3,(H2,33,43)(H2,34,35,44)/t14-,18-,24?,32+/m0/s1. The first-order valence-corrected chi connectivity index (χ1v) is 14.3. The van der Waals surface area contributed by atoms with Gasteiger partial charge in [-0.3, -0.25) is 19.3 Å². The fraction of sp³-hybridized carbons (Fsp3) is 0.375. The number of primary amides is 1. The number of nitrogens with zero attached hydrogens (tertiary/aromatic N) is 2. The first kappa shape index (κ1) is 31.4. The number of carbonyl (C=O) groups is 4. The van der Waals surface area contributed by atoms with E-state index in [1.165, 1.54) is 14.0 Å². The molecule has 3 aliphatic carbocycles. The predicted octanol–water partition coefficient (Wildman–Crippen LogP) is 3.11. The third kappa shape index (κ3) is 4.83. The number of nitrogens with one attached hydrogen (secondary N) is 2. The third-order valence-corrected chi connectivity index (χ3v) is 9.24. The minimum Gasteiger partial charge on any atom is -0.511 e. The zero-order chi connectivity index (χ0) is 33.1. The summed E-state index contributed by atoms with van der Waals surface area (Å²) in [5.74, 6) is -4.87. The number of ketones is 2. The van der Waals surface area contributed by atoms with E-state index in [1.807, 2.05) is 0 Å². The lowest BCUT2D eigenvalue weighted by Crippen LogP contribution is -2.58. The lowest BCUT2D eigenvalue weighted by atomic mass is 9.54.